The Morgan fingerprint density at radius 3 is 1.68 bits per heavy atom. The zero-order valence-electron chi connectivity index (χ0n) is 19.0. The van der Waals surface area contributed by atoms with E-state index < -0.39 is 6.10 Å². The molecule has 34 heavy (non-hydrogen) atoms. The summed E-state index contributed by atoms with van der Waals surface area (Å²) in [5.74, 6) is 1.48. The van der Waals surface area contributed by atoms with Crippen LogP contribution in [-0.4, -0.2) is 36.1 Å². The average Bonchev–Trinajstić information content (AvgIpc) is 2.90. The number of aliphatic hydroxyl groups excluding tert-OH is 2. The number of aliphatic hydroxyl groups is 2. The van der Waals surface area contributed by atoms with Gasteiger partial charge in [0, 0.05) is 23.5 Å². The summed E-state index contributed by atoms with van der Waals surface area (Å²) in [7, 11) is 0. The highest BCUT2D eigenvalue weighted by Crippen LogP contribution is 2.34. The zero-order chi connectivity index (χ0) is 23.6. The van der Waals surface area contributed by atoms with E-state index in [1.807, 2.05) is 72.8 Å². The third-order valence-corrected chi connectivity index (χ3v) is 5.36. The topological polar surface area (TPSA) is 62.2 Å². The van der Waals surface area contributed by atoms with Gasteiger partial charge in [-0.25, -0.2) is 0 Å². The van der Waals surface area contributed by atoms with Crippen molar-refractivity contribution in [3.8, 4) is 11.5 Å². The number of benzene rings is 4. The molecular formula is C29H29NO4. The van der Waals surface area contributed by atoms with Crippen molar-refractivity contribution in [3.63, 3.8) is 0 Å². The first-order chi connectivity index (χ1) is 16.7. The van der Waals surface area contributed by atoms with Crippen LogP contribution < -0.4 is 14.4 Å². The van der Waals surface area contributed by atoms with Crippen LogP contribution in [0, 0.1) is 0 Å². The Hall–Kier alpha value is -3.80. The molecule has 174 valence electrons. The molecule has 1 atom stereocenters. The number of anilines is 3. The van der Waals surface area contributed by atoms with Crippen LogP contribution in [0.2, 0.25) is 0 Å². The fourth-order valence-electron chi connectivity index (χ4n) is 3.58. The SMILES string of the molecule is OCC(O)COc1ccc(CCOc2ccc(N(c3ccccc3)c3ccccc3)cc2)cc1. The summed E-state index contributed by atoms with van der Waals surface area (Å²) < 4.78 is 11.4. The molecule has 5 nitrogen and oxygen atoms in total. The second-order valence-electron chi connectivity index (χ2n) is 7.89. The van der Waals surface area contributed by atoms with E-state index in [1.165, 1.54) is 0 Å². The lowest BCUT2D eigenvalue weighted by atomic mass is 10.1. The maximum Gasteiger partial charge on any atom is 0.119 e. The van der Waals surface area contributed by atoms with E-state index in [0.717, 1.165) is 34.8 Å². The molecule has 0 spiro atoms. The van der Waals surface area contributed by atoms with Crippen molar-refractivity contribution in [2.75, 3.05) is 24.7 Å². The summed E-state index contributed by atoms with van der Waals surface area (Å²) in [6.45, 7) is 0.317. The Morgan fingerprint density at radius 1 is 0.618 bits per heavy atom. The third kappa shape index (κ3) is 6.38. The van der Waals surface area contributed by atoms with E-state index in [0.29, 0.717) is 12.4 Å². The molecule has 0 aromatic heterocycles. The van der Waals surface area contributed by atoms with Gasteiger partial charge in [0.25, 0.3) is 0 Å². The third-order valence-electron chi connectivity index (χ3n) is 5.36. The molecule has 5 heteroatoms. The summed E-state index contributed by atoms with van der Waals surface area (Å²) in [6.07, 6.45) is -0.103. The Labute approximate surface area is 200 Å². The van der Waals surface area contributed by atoms with Gasteiger partial charge in [0.2, 0.25) is 0 Å². The maximum atomic E-state index is 9.37. The van der Waals surface area contributed by atoms with Gasteiger partial charge in [0.15, 0.2) is 0 Å². The van der Waals surface area contributed by atoms with Gasteiger partial charge in [-0.05, 0) is 66.2 Å². The second-order valence-corrected chi connectivity index (χ2v) is 7.89. The first-order valence-electron chi connectivity index (χ1n) is 11.4. The van der Waals surface area contributed by atoms with Crippen molar-refractivity contribution in [2.45, 2.75) is 12.5 Å². The van der Waals surface area contributed by atoms with E-state index in [4.69, 9.17) is 14.6 Å². The standard InChI is InChI=1S/C29H29NO4/c31-21-27(32)22-34-29-15-11-23(12-16-29)19-20-33-28-17-13-26(14-18-28)30(24-7-3-1-4-8-24)25-9-5-2-6-10-25/h1-18,27,31-32H,19-22H2. The number of ether oxygens (including phenoxy) is 2. The molecule has 0 amide bonds. The highest BCUT2D eigenvalue weighted by Gasteiger charge is 2.11. The molecule has 0 bridgehead atoms. The van der Waals surface area contributed by atoms with Crippen molar-refractivity contribution in [1.29, 1.82) is 0 Å². The number of para-hydroxylation sites is 2. The van der Waals surface area contributed by atoms with Crippen LogP contribution in [0.4, 0.5) is 17.1 Å². The van der Waals surface area contributed by atoms with Crippen LogP contribution in [0.15, 0.2) is 109 Å². The summed E-state index contributed by atoms with van der Waals surface area (Å²) >= 11 is 0. The number of nitrogens with zero attached hydrogens (tertiary/aromatic N) is 1. The number of hydrogen-bond donors (Lipinski definition) is 2. The second kappa shape index (κ2) is 11.9. The first-order valence-corrected chi connectivity index (χ1v) is 11.4. The largest absolute Gasteiger partial charge is 0.493 e. The lowest BCUT2D eigenvalue weighted by Gasteiger charge is -2.25. The Bertz CT molecular complexity index is 1080. The number of hydrogen-bond acceptors (Lipinski definition) is 5. The van der Waals surface area contributed by atoms with Gasteiger partial charge in [0.1, 0.15) is 24.2 Å². The van der Waals surface area contributed by atoms with Gasteiger partial charge in [-0.3, -0.25) is 0 Å². The molecule has 0 aliphatic carbocycles. The fraction of sp³-hybridized carbons (Fsp3) is 0.172. The highest BCUT2D eigenvalue weighted by atomic mass is 16.5. The molecule has 4 rings (SSSR count). The van der Waals surface area contributed by atoms with Gasteiger partial charge < -0.3 is 24.6 Å². The van der Waals surface area contributed by atoms with Crippen LogP contribution in [-0.2, 0) is 6.42 Å². The number of rotatable bonds is 11. The van der Waals surface area contributed by atoms with E-state index in [-0.39, 0.29) is 13.2 Å². The van der Waals surface area contributed by atoms with Crippen molar-refractivity contribution in [3.05, 3.63) is 115 Å². The summed E-state index contributed by atoms with van der Waals surface area (Å²) in [5, 5.41) is 18.2. The predicted octanol–water partition coefficient (Wildman–Crippen LogP) is 5.51. The Kier molecular flexibility index (Phi) is 8.17. The van der Waals surface area contributed by atoms with Gasteiger partial charge in [0.05, 0.1) is 13.2 Å². The Balaban J connectivity index is 1.35. The Morgan fingerprint density at radius 2 is 1.12 bits per heavy atom. The lowest BCUT2D eigenvalue weighted by Crippen LogP contribution is -2.21. The maximum absolute atomic E-state index is 9.37. The normalized spacial score (nSPS) is 11.6. The van der Waals surface area contributed by atoms with Crippen molar-refractivity contribution < 1.29 is 19.7 Å². The molecule has 0 aliphatic heterocycles. The van der Waals surface area contributed by atoms with Crippen LogP contribution >= 0.6 is 0 Å². The molecule has 0 saturated carbocycles. The van der Waals surface area contributed by atoms with Gasteiger partial charge in [-0.15, -0.1) is 0 Å². The zero-order valence-corrected chi connectivity index (χ0v) is 19.0. The van der Waals surface area contributed by atoms with Gasteiger partial charge in [-0.2, -0.15) is 0 Å². The molecule has 0 radical (unpaired) electrons. The van der Waals surface area contributed by atoms with Crippen LogP contribution in [0.25, 0.3) is 0 Å². The fourth-order valence-corrected chi connectivity index (χ4v) is 3.58. The minimum absolute atomic E-state index is 0.0704. The smallest absolute Gasteiger partial charge is 0.119 e. The molecule has 2 N–H and O–H groups in total. The van der Waals surface area contributed by atoms with Crippen molar-refractivity contribution in [1.82, 2.24) is 0 Å². The van der Waals surface area contributed by atoms with E-state index >= 15 is 0 Å². The molecule has 0 saturated heterocycles. The lowest BCUT2D eigenvalue weighted by molar-refractivity contribution is 0.0536. The first kappa shape index (κ1) is 23.4. The molecule has 1 unspecified atom stereocenters. The van der Waals surface area contributed by atoms with E-state index in [2.05, 4.69) is 41.3 Å². The highest BCUT2D eigenvalue weighted by molar-refractivity contribution is 5.76. The molecular weight excluding hydrogens is 426 g/mol. The summed E-state index contributed by atoms with van der Waals surface area (Å²) in [5.41, 5.74) is 4.39. The van der Waals surface area contributed by atoms with E-state index in [1.54, 1.807) is 0 Å². The van der Waals surface area contributed by atoms with Crippen molar-refractivity contribution in [2.24, 2.45) is 0 Å². The average molecular weight is 456 g/mol. The monoisotopic (exact) mass is 455 g/mol. The van der Waals surface area contributed by atoms with Crippen molar-refractivity contribution >= 4 is 17.1 Å². The summed E-state index contributed by atoms with van der Waals surface area (Å²) in [6, 6.07) is 36.4. The van der Waals surface area contributed by atoms with Crippen LogP contribution in [0.1, 0.15) is 5.56 Å². The minimum Gasteiger partial charge on any atom is -0.493 e. The quantitative estimate of drug-likeness (QED) is 0.312. The van der Waals surface area contributed by atoms with Crippen LogP contribution in [0.3, 0.4) is 0 Å². The van der Waals surface area contributed by atoms with Crippen LogP contribution in [0.5, 0.6) is 11.5 Å². The van der Waals surface area contributed by atoms with Gasteiger partial charge in [-0.1, -0.05) is 48.5 Å². The van der Waals surface area contributed by atoms with Gasteiger partial charge >= 0.3 is 0 Å². The minimum atomic E-state index is -0.869. The van der Waals surface area contributed by atoms with E-state index in [9.17, 15) is 5.11 Å². The molecule has 0 heterocycles. The predicted molar refractivity (Wildman–Crippen MR) is 135 cm³/mol. The molecule has 4 aromatic rings. The molecule has 4 aromatic carbocycles. The summed E-state index contributed by atoms with van der Waals surface area (Å²) in [4.78, 5) is 2.22. The molecule has 0 aliphatic rings. The molecule has 0 fully saturated rings.